The molecule has 3 rings (SSSR count). The maximum atomic E-state index is 10.8. The first kappa shape index (κ1) is 14.5. The molecular formula is C17H19N3O2. The standard InChI is InChI=1S/C17H19N3O2/c1-4-14-15(16(22)12-5-7-13(21)8-6-12)20-17(18-14)10(2)9-11(3)19-20/h5-9,16,21-22H,4H2,1-3H3. The highest BCUT2D eigenvalue weighted by molar-refractivity contribution is 5.51. The minimum absolute atomic E-state index is 0.176. The van der Waals surface area contributed by atoms with Gasteiger partial charge in [0, 0.05) is 0 Å². The van der Waals surface area contributed by atoms with Crippen LogP contribution in [0.15, 0.2) is 30.3 Å². The fourth-order valence-corrected chi connectivity index (χ4v) is 2.74. The van der Waals surface area contributed by atoms with E-state index in [0.717, 1.165) is 22.6 Å². The molecule has 1 unspecified atom stereocenters. The zero-order valence-electron chi connectivity index (χ0n) is 12.9. The number of benzene rings is 1. The lowest BCUT2D eigenvalue weighted by Crippen LogP contribution is -2.09. The number of hydrogen-bond acceptors (Lipinski definition) is 4. The fraction of sp³-hybridized carbons (Fsp3) is 0.294. The molecule has 0 spiro atoms. The first-order valence-electron chi connectivity index (χ1n) is 7.34. The van der Waals surface area contributed by atoms with Crippen molar-refractivity contribution in [1.29, 1.82) is 0 Å². The minimum atomic E-state index is -0.834. The number of nitrogens with zero attached hydrogens (tertiary/aromatic N) is 3. The molecule has 0 fully saturated rings. The first-order chi connectivity index (χ1) is 10.5. The highest BCUT2D eigenvalue weighted by Gasteiger charge is 2.22. The summed E-state index contributed by atoms with van der Waals surface area (Å²) in [4.78, 5) is 4.63. The second kappa shape index (κ2) is 5.42. The van der Waals surface area contributed by atoms with Gasteiger partial charge in [0.15, 0.2) is 5.65 Å². The predicted octanol–water partition coefficient (Wildman–Crippen LogP) is 2.70. The SMILES string of the molecule is CCc1nc2c(C)cc(C)nn2c1C(O)c1ccc(O)cc1. The van der Waals surface area contributed by atoms with E-state index in [1.807, 2.05) is 26.8 Å². The predicted molar refractivity (Wildman–Crippen MR) is 84.0 cm³/mol. The van der Waals surface area contributed by atoms with E-state index >= 15 is 0 Å². The van der Waals surface area contributed by atoms with Crippen LogP contribution >= 0.6 is 0 Å². The van der Waals surface area contributed by atoms with Gasteiger partial charge in [-0.15, -0.1) is 0 Å². The highest BCUT2D eigenvalue weighted by Crippen LogP contribution is 2.28. The topological polar surface area (TPSA) is 70.7 Å². The Labute approximate surface area is 128 Å². The number of aromatic nitrogens is 3. The molecule has 0 aliphatic heterocycles. The van der Waals surface area contributed by atoms with Gasteiger partial charge in [0.25, 0.3) is 0 Å². The number of rotatable bonds is 3. The summed E-state index contributed by atoms with van der Waals surface area (Å²) >= 11 is 0. The summed E-state index contributed by atoms with van der Waals surface area (Å²) in [6, 6.07) is 8.54. The lowest BCUT2D eigenvalue weighted by atomic mass is 10.0. The Morgan fingerprint density at radius 3 is 2.50 bits per heavy atom. The number of phenols is 1. The maximum absolute atomic E-state index is 10.8. The van der Waals surface area contributed by atoms with Crippen LogP contribution in [-0.2, 0) is 6.42 Å². The van der Waals surface area contributed by atoms with Crippen LogP contribution in [0.3, 0.4) is 0 Å². The third-order valence-corrected chi connectivity index (χ3v) is 3.80. The van der Waals surface area contributed by atoms with Crippen molar-refractivity contribution < 1.29 is 10.2 Å². The maximum Gasteiger partial charge on any atom is 0.157 e. The van der Waals surface area contributed by atoms with E-state index in [0.29, 0.717) is 17.7 Å². The summed E-state index contributed by atoms with van der Waals surface area (Å²) in [5.74, 6) is 0.176. The number of imidazole rings is 1. The molecule has 22 heavy (non-hydrogen) atoms. The lowest BCUT2D eigenvalue weighted by Gasteiger charge is -2.13. The number of fused-ring (bicyclic) bond motifs is 1. The molecule has 0 amide bonds. The van der Waals surface area contributed by atoms with Crippen LogP contribution in [-0.4, -0.2) is 24.8 Å². The van der Waals surface area contributed by atoms with E-state index in [-0.39, 0.29) is 5.75 Å². The van der Waals surface area contributed by atoms with Crippen molar-refractivity contribution in [3.05, 3.63) is 58.5 Å². The van der Waals surface area contributed by atoms with Crippen LogP contribution in [0.4, 0.5) is 0 Å². The second-order valence-electron chi connectivity index (χ2n) is 5.50. The Morgan fingerprint density at radius 2 is 1.86 bits per heavy atom. The van der Waals surface area contributed by atoms with E-state index in [2.05, 4.69) is 10.1 Å². The van der Waals surface area contributed by atoms with Crippen molar-refractivity contribution in [2.75, 3.05) is 0 Å². The van der Waals surface area contributed by atoms with Gasteiger partial charge in [-0.25, -0.2) is 9.50 Å². The van der Waals surface area contributed by atoms with Gasteiger partial charge >= 0.3 is 0 Å². The van der Waals surface area contributed by atoms with Crippen molar-refractivity contribution in [3.63, 3.8) is 0 Å². The average molecular weight is 297 g/mol. The van der Waals surface area contributed by atoms with Crippen molar-refractivity contribution in [2.24, 2.45) is 0 Å². The normalized spacial score (nSPS) is 12.7. The Balaban J connectivity index is 2.22. The van der Waals surface area contributed by atoms with Crippen LogP contribution in [0.1, 0.15) is 41.2 Å². The zero-order valence-corrected chi connectivity index (χ0v) is 12.9. The van der Waals surface area contributed by atoms with Crippen molar-refractivity contribution in [3.8, 4) is 5.75 Å². The summed E-state index contributed by atoms with van der Waals surface area (Å²) < 4.78 is 1.74. The minimum Gasteiger partial charge on any atom is -0.508 e. The second-order valence-corrected chi connectivity index (χ2v) is 5.50. The molecule has 2 aromatic heterocycles. The first-order valence-corrected chi connectivity index (χ1v) is 7.34. The number of hydrogen-bond donors (Lipinski definition) is 2. The summed E-state index contributed by atoms with van der Waals surface area (Å²) in [6.45, 7) is 5.93. The smallest absolute Gasteiger partial charge is 0.157 e. The number of aromatic hydroxyl groups is 1. The number of aliphatic hydroxyl groups is 1. The molecule has 5 heteroatoms. The molecule has 0 saturated carbocycles. The lowest BCUT2D eigenvalue weighted by molar-refractivity contribution is 0.211. The molecule has 2 N–H and O–H groups in total. The van der Waals surface area contributed by atoms with Gasteiger partial charge in [-0.05, 0) is 49.6 Å². The Bertz CT molecular complexity index is 822. The molecule has 0 aliphatic carbocycles. The molecule has 3 aromatic rings. The Kier molecular flexibility index (Phi) is 3.58. The molecular weight excluding hydrogens is 278 g/mol. The van der Waals surface area contributed by atoms with E-state index in [1.54, 1.807) is 28.8 Å². The van der Waals surface area contributed by atoms with Gasteiger partial charge in [0.2, 0.25) is 0 Å². The molecule has 0 saturated heterocycles. The molecule has 2 heterocycles. The van der Waals surface area contributed by atoms with Crippen molar-refractivity contribution >= 4 is 5.65 Å². The monoisotopic (exact) mass is 297 g/mol. The van der Waals surface area contributed by atoms with Crippen LogP contribution in [0.5, 0.6) is 5.75 Å². The fourth-order valence-electron chi connectivity index (χ4n) is 2.74. The third kappa shape index (κ3) is 2.33. The van der Waals surface area contributed by atoms with Crippen LogP contribution < -0.4 is 0 Å². The zero-order chi connectivity index (χ0) is 15.9. The molecule has 0 bridgehead atoms. The van der Waals surface area contributed by atoms with Crippen molar-refractivity contribution in [2.45, 2.75) is 33.3 Å². The number of phenolic OH excluding ortho intramolecular Hbond substituents is 1. The Hall–Kier alpha value is -2.40. The summed E-state index contributed by atoms with van der Waals surface area (Å²) in [7, 11) is 0. The molecule has 0 aliphatic rings. The number of aliphatic hydroxyl groups excluding tert-OH is 1. The molecule has 5 nitrogen and oxygen atoms in total. The van der Waals surface area contributed by atoms with E-state index in [1.165, 1.54) is 0 Å². The van der Waals surface area contributed by atoms with Gasteiger partial charge in [0.1, 0.15) is 11.9 Å². The van der Waals surface area contributed by atoms with E-state index < -0.39 is 6.10 Å². The van der Waals surface area contributed by atoms with E-state index in [9.17, 15) is 10.2 Å². The van der Waals surface area contributed by atoms with Gasteiger partial charge in [-0.2, -0.15) is 5.10 Å². The highest BCUT2D eigenvalue weighted by atomic mass is 16.3. The van der Waals surface area contributed by atoms with Crippen LogP contribution in [0.2, 0.25) is 0 Å². The van der Waals surface area contributed by atoms with Crippen molar-refractivity contribution in [1.82, 2.24) is 14.6 Å². The molecule has 1 aromatic carbocycles. The molecule has 114 valence electrons. The Morgan fingerprint density at radius 1 is 1.18 bits per heavy atom. The largest absolute Gasteiger partial charge is 0.508 e. The molecule has 0 radical (unpaired) electrons. The van der Waals surface area contributed by atoms with Gasteiger partial charge < -0.3 is 10.2 Å². The van der Waals surface area contributed by atoms with Gasteiger partial charge in [-0.1, -0.05) is 19.1 Å². The van der Waals surface area contributed by atoms with Gasteiger partial charge in [0.05, 0.1) is 17.1 Å². The quantitative estimate of drug-likeness (QED) is 0.780. The summed E-state index contributed by atoms with van der Waals surface area (Å²) in [5, 5.41) is 24.7. The van der Waals surface area contributed by atoms with Crippen LogP contribution in [0, 0.1) is 13.8 Å². The summed E-state index contributed by atoms with van der Waals surface area (Å²) in [5.41, 5.74) is 4.91. The van der Waals surface area contributed by atoms with E-state index in [4.69, 9.17) is 0 Å². The third-order valence-electron chi connectivity index (χ3n) is 3.80. The van der Waals surface area contributed by atoms with Gasteiger partial charge in [-0.3, -0.25) is 0 Å². The van der Waals surface area contributed by atoms with Crippen LogP contribution in [0.25, 0.3) is 5.65 Å². The molecule has 1 atom stereocenters. The average Bonchev–Trinajstić information content (AvgIpc) is 2.86. The number of aryl methyl sites for hydroxylation is 3. The summed E-state index contributed by atoms with van der Waals surface area (Å²) in [6.07, 6.45) is -0.119.